The summed E-state index contributed by atoms with van der Waals surface area (Å²) in [5.74, 6) is 0.385. The van der Waals surface area contributed by atoms with Crippen LogP contribution in [0.4, 0.5) is 0 Å². The Morgan fingerprint density at radius 3 is 3.21 bits per heavy atom. The predicted molar refractivity (Wildman–Crippen MR) is 52.5 cm³/mol. The molecule has 0 N–H and O–H groups in total. The Kier molecular flexibility index (Phi) is 2.18. The lowest BCUT2D eigenvalue weighted by molar-refractivity contribution is -0.136. The van der Waals surface area contributed by atoms with Crippen molar-refractivity contribution in [2.75, 3.05) is 13.7 Å². The summed E-state index contributed by atoms with van der Waals surface area (Å²) in [5.41, 5.74) is 0.374. The number of rotatable bonds is 1. The van der Waals surface area contributed by atoms with Crippen LogP contribution >= 0.6 is 0 Å². The number of esters is 1. The van der Waals surface area contributed by atoms with Gasteiger partial charge in [0.1, 0.15) is 11.5 Å². The first-order chi connectivity index (χ1) is 6.81. The molecule has 0 bridgehead atoms. The van der Waals surface area contributed by atoms with Crippen LogP contribution < -0.4 is 0 Å². The smallest absolute Gasteiger partial charge is 0.356 e. The maximum Gasteiger partial charge on any atom is 0.356 e. The minimum Gasteiger partial charge on any atom is -0.464 e. The number of fused-ring (bicyclic) bond motifs is 1. The van der Waals surface area contributed by atoms with Crippen molar-refractivity contribution < 1.29 is 9.53 Å². The molecule has 0 atom stereocenters. The molecule has 0 unspecified atom stereocenters. The highest BCUT2D eigenvalue weighted by atomic mass is 16.5. The van der Waals surface area contributed by atoms with E-state index in [0.717, 1.165) is 5.84 Å². The largest absolute Gasteiger partial charge is 0.464 e. The zero-order valence-corrected chi connectivity index (χ0v) is 7.80. The fourth-order valence-corrected chi connectivity index (χ4v) is 1.31. The first-order valence-corrected chi connectivity index (χ1v) is 4.30. The molecule has 0 radical (unpaired) electrons. The maximum absolute atomic E-state index is 11.2. The summed E-state index contributed by atoms with van der Waals surface area (Å²) in [7, 11) is 1.35. The third-order valence-electron chi connectivity index (χ3n) is 2.03. The van der Waals surface area contributed by atoms with Gasteiger partial charge in [-0.25, -0.2) is 9.79 Å². The quantitative estimate of drug-likeness (QED) is 0.575. The fourth-order valence-electron chi connectivity index (χ4n) is 1.31. The molecule has 2 aliphatic heterocycles. The van der Waals surface area contributed by atoms with Crippen molar-refractivity contribution in [3.8, 4) is 0 Å². The van der Waals surface area contributed by atoms with Crippen molar-refractivity contribution in [2.45, 2.75) is 0 Å². The van der Waals surface area contributed by atoms with Gasteiger partial charge in [0.05, 0.1) is 7.11 Å². The number of nitrogens with zero attached hydrogens (tertiary/aromatic N) is 2. The zero-order valence-electron chi connectivity index (χ0n) is 7.80. The predicted octanol–water partition coefficient (Wildman–Crippen LogP) is 0.841. The van der Waals surface area contributed by atoms with E-state index < -0.39 is 0 Å². The summed E-state index contributed by atoms with van der Waals surface area (Å²) in [4.78, 5) is 17.3. The topological polar surface area (TPSA) is 41.9 Å². The summed E-state index contributed by atoms with van der Waals surface area (Å²) >= 11 is 0. The van der Waals surface area contributed by atoms with Crippen LogP contribution in [-0.4, -0.2) is 30.4 Å². The molecule has 0 aliphatic carbocycles. The first kappa shape index (κ1) is 8.74. The van der Waals surface area contributed by atoms with Crippen LogP contribution in [0.5, 0.6) is 0 Å². The molecule has 2 aliphatic rings. The normalized spacial score (nSPS) is 18.5. The van der Waals surface area contributed by atoms with Gasteiger partial charge in [0.15, 0.2) is 0 Å². The van der Waals surface area contributed by atoms with Crippen LogP contribution in [-0.2, 0) is 9.53 Å². The SMILES string of the molecule is COC(=O)C1=CCN2C=CC=CC2=N1. The summed E-state index contributed by atoms with van der Waals surface area (Å²) in [6.45, 7) is 0.657. The van der Waals surface area contributed by atoms with Gasteiger partial charge in [-0.3, -0.25) is 0 Å². The fraction of sp³-hybridized carbons (Fsp3) is 0.200. The van der Waals surface area contributed by atoms with Gasteiger partial charge in [-0.1, -0.05) is 6.08 Å². The van der Waals surface area contributed by atoms with E-state index in [1.165, 1.54) is 7.11 Å². The van der Waals surface area contributed by atoms with Crippen LogP contribution in [0.3, 0.4) is 0 Å². The molecule has 14 heavy (non-hydrogen) atoms. The maximum atomic E-state index is 11.2. The minimum absolute atomic E-state index is 0.374. The second-order valence-corrected chi connectivity index (χ2v) is 2.90. The van der Waals surface area contributed by atoms with Crippen LogP contribution in [0, 0.1) is 0 Å². The first-order valence-electron chi connectivity index (χ1n) is 4.30. The lowest BCUT2D eigenvalue weighted by atomic mass is 10.2. The van der Waals surface area contributed by atoms with E-state index in [1.807, 2.05) is 29.3 Å². The number of carbonyl (C=O) groups is 1. The van der Waals surface area contributed by atoms with Crippen LogP contribution in [0.2, 0.25) is 0 Å². The second-order valence-electron chi connectivity index (χ2n) is 2.90. The molecule has 4 nitrogen and oxygen atoms in total. The molecule has 0 aromatic carbocycles. The highest BCUT2D eigenvalue weighted by Gasteiger charge is 2.17. The molecular weight excluding hydrogens is 180 g/mol. The Morgan fingerprint density at radius 2 is 2.43 bits per heavy atom. The van der Waals surface area contributed by atoms with E-state index in [2.05, 4.69) is 9.73 Å². The molecule has 0 fully saturated rings. The molecule has 0 aromatic rings. The molecule has 0 saturated heterocycles. The second kappa shape index (κ2) is 3.49. The van der Waals surface area contributed by atoms with Crippen molar-refractivity contribution in [1.82, 2.24) is 4.90 Å². The highest BCUT2D eigenvalue weighted by Crippen LogP contribution is 2.13. The number of aliphatic imine (C=N–C) groups is 1. The third kappa shape index (κ3) is 1.46. The lowest BCUT2D eigenvalue weighted by Gasteiger charge is -2.24. The number of allylic oxidation sites excluding steroid dienone is 2. The van der Waals surface area contributed by atoms with Gasteiger partial charge in [0, 0.05) is 12.7 Å². The standard InChI is InChI=1S/C10H10N2O2/c1-14-10(13)8-5-7-12-6-3-2-4-9(12)11-8/h2-6H,7H2,1H3. The Bertz CT molecular complexity index is 378. The van der Waals surface area contributed by atoms with E-state index in [1.54, 1.807) is 6.08 Å². The van der Waals surface area contributed by atoms with Crippen molar-refractivity contribution in [1.29, 1.82) is 0 Å². The molecule has 0 aromatic heterocycles. The van der Waals surface area contributed by atoms with E-state index in [-0.39, 0.29) is 5.97 Å². The number of hydrogen-bond acceptors (Lipinski definition) is 4. The van der Waals surface area contributed by atoms with E-state index in [4.69, 9.17) is 0 Å². The molecule has 0 amide bonds. The van der Waals surface area contributed by atoms with Gasteiger partial charge in [0.2, 0.25) is 0 Å². The van der Waals surface area contributed by atoms with Crippen molar-refractivity contribution in [3.63, 3.8) is 0 Å². The molecule has 0 saturated carbocycles. The van der Waals surface area contributed by atoms with E-state index >= 15 is 0 Å². The van der Waals surface area contributed by atoms with Gasteiger partial charge in [-0.2, -0.15) is 0 Å². The summed E-state index contributed by atoms with van der Waals surface area (Å²) in [6, 6.07) is 0. The Morgan fingerprint density at radius 1 is 1.57 bits per heavy atom. The van der Waals surface area contributed by atoms with Gasteiger partial charge in [-0.05, 0) is 18.2 Å². The number of methoxy groups -OCH3 is 1. The Hall–Kier alpha value is -1.84. The van der Waals surface area contributed by atoms with Crippen molar-refractivity contribution in [3.05, 3.63) is 36.2 Å². The molecule has 2 heterocycles. The molecule has 4 heteroatoms. The summed E-state index contributed by atoms with van der Waals surface area (Å²) in [5, 5.41) is 0. The molecule has 72 valence electrons. The van der Waals surface area contributed by atoms with Crippen LogP contribution in [0.15, 0.2) is 41.2 Å². The molecule has 0 spiro atoms. The number of hydrogen-bond donors (Lipinski definition) is 0. The number of amidine groups is 1. The van der Waals surface area contributed by atoms with E-state index in [9.17, 15) is 4.79 Å². The lowest BCUT2D eigenvalue weighted by Crippen LogP contribution is -2.29. The zero-order chi connectivity index (χ0) is 9.97. The monoisotopic (exact) mass is 190 g/mol. The van der Waals surface area contributed by atoms with E-state index in [0.29, 0.717) is 12.2 Å². The van der Waals surface area contributed by atoms with Gasteiger partial charge in [-0.15, -0.1) is 0 Å². The number of carbonyl (C=O) groups excluding carboxylic acids is 1. The van der Waals surface area contributed by atoms with Crippen molar-refractivity contribution in [2.24, 2.45) is 4.99 Å². The molecule has 2 rings (SSSR count). The van der Waals surface area contributed by atoms with Crippen LogP contribution in [0.25, 0.3) is 0 Å². The summed E-state index contributed by atoms with van der Waals surface area (Å²) < 4.78 is 4.59. The number of ether oxygens (including phenoxy) is 1. The Balaban J connectivity index is 2.24. The van der Waals surface area contributed by atoms with Gasteiger partial charge < -0.3 is 9.64 Å². The van der Waals surface area contributed by atoms with Gasteiger partial charge >= 0.3 is 5.97 Å². The average molecular weight is 190 g/mol. The third-order valence-corrected chi connectivity index (χ3v) is 2.03. The van der Waals surface area contributed by atoms with Crippen LogP contribution in [0.1, 0.15) is 0 Å². The van der Waals surface area contributed by atoms with Crippen molar-refractivity contribution >= 4 is 11.8 Å². The highest BCUT2D eigenvalue weighted by molar-refractivity contribution is 6.01. The Labute approximate surface area is 81.9 Å². The summed E-state index contributed by atoms with van der Waals surface area (Å²) in [6.07, 6.45) is 9.34. The molecular formula is C10H10N2O2. The van der Waals surface area contributed by atoms with Gasteiger partial charge in [0.25, 0.3) is 0 Å². The average Bonchev–Trinajstić information content (AvgIpc) is 2.27. The minimum atomic E-state index is -0.389.